The smallest absolute Gasteiger partial charge is 0.233 e. The molecule has 0 bridgehead atoms. The maximum Gasteiger partial charge on any atom is 0.233 e. The highest BCUT2D eigenvalue weighted by Gasteiger charge is 2.17. The van der Waals surface area contributed by atoms with E-state index in [2.05, 4.69) is 41.6 Å². The Morgan fingerprint density at radius 2 is 1.83 bits per heavy atom. The summed E-state index contributed by atoms with van der Waals surface area (Å²) in [5, 5.41) is 0.875. The van der Waals surface area contributed by atoms with Crippen LogP contribution in [0.25, 0.3) is 5.69 Å². The Hall–Kier alpha value is -1.75. The molecule has 0 aliphatic carbocycles. The van der Waals surface area contributed by atoms with Crippen molar-refractivity contribution in [3.8, 4) is 5.69 Å². The van der Waals surface area contributed by atoms with Crippen molar-refractivity contribution in [1.82, 2.24) is 14.5 Å². The van der Waals surface area contributed by atoms with Crippen molar-refractivity contribution in [3.05, 3.63) is 41.7 Å². The van der Waals surface area contributed by atoms with Gasteiger partial charge in [-0.3, -0.25) is 9.36 Å². The molecule has 5 heteroatoms. The molecule has 122 valence electrons. The van der Waals surface area contributed by atoms with Gasteiger partial charge in [0.25, 0.3) is 0 Å². The number of rotatable bonds is 4. The molecule has 1 aromatic heterocycles. The predicted octanol–water partition coefficient (Wildman–Crippen LogP) is 3.59. The lowest BCUT2D eigenvalue weighted by molar-refractivity contribution is -0.129. The number of piperidine rings is 1. The van der Waals surface area contributed by atoms with Crippen LogP contribution in [0.15, 0.2) is 35.7 Å². The van der Waals surface area contributed by atoms with E-state index in [-0.39, 0.29) is 5.91 Å². The fraction of sp³-hybridized carbons (Fsp3) is 0.444. The second kappa shape index (κ2) is 7.21. The minimum Gasteiger partial charge on any atom is -0.342 e. The van der Waals surface area contributed by atoms with Crippen LogP contribution in [0.1, 0.15) is 30.4 Å². The second-order valence-electron chi connectivity index (χ2n) is 6.16. The zero-order chi connectivity index (χ0) is 16.2. The molecule has 23 heavy (non-hydrogen) atoms. The first-order valence-corrected chi connectivity index (χ1v) is 9.14. The zero-order valence-corrected chi connectivity index (χ0v) is 14.6. The third kappa shape index (κ3) is 3.96. The van der Waals surface area contributed by atoms with Crippen LogP contribution in [0, 0.1) is 13.8 Å². The van der Waals surface area contributed by atoms with Crippen LogP contribution in [0.4, 0.5) is 0 Å². The van der Waals surface area contributed by atoms with Crippen molar-refractivity contribution in [1.29, 1.82) is 0 Å². The standard InChI is InChI=1S/C18H23N3OS/c1-14-10-15(2)12-16(11-14)21-9-6-19-18(21)23-13-17(22)20-7-4-3-5-8-20/h6,9-12H,3-5,7-8,13H2,1-2H3. The van der Waals surface area contributed by atoms with E-state index in [9.17, 15) is 4.79 Å². The van der Waals surface area contributed by atoms with Gasteiger partial charge in [-0.05, 0) is 56.4 Å². The van der Waals surface area contributed by atoms with Gasteiger partial charge in [-0.1, -0.05) is 17.8 Å². The molecule has 1 fully saturated rings. The average Bonchev–Trinajstić information content (AvgIpc) is 3.01. The molecular weight excluding hydrogens is 306 g/mol. The van der Waals surface area contributed by atoms with Gasteiger partial charge in [0, 0.05) is 31.2 Å². The summed E-state index contributed by atoms with van der Waals surface area (Å²) in [5.74, 6) is 0.687. The van der Waals surface area contributed by atoms with Crippen molar-refractivity contribution in [2.24, 2.45) is 0 Å². The number of carbonyl (C=O) groups excluding carboxylic acids is 1. The lowest BCUT2D eigenvalue weighted by atomic mass is 10.1. The van der Waals surface area contributed by atoms with Crippen molar-refractivity contribution in [2.45, 2.75) is 38.3 Å². The summed E-state index contributed by atoms with van der Waals surface area (Å²) in [7, 11) is 0. The molecule has 2 aromatic rings. The number of hydrogen-bond donors (Lipinski definition) is 0. The van der Waals surface area contributed by atoms with Crippen LogP contribution in [-0.2, 0) is 4.79 Å². The Morgan fingerprint density at radius 3 is 2.52 bits per heavy atom. The van der Waals surface area contributed by atoms with Crippen molar-refractivity contribution in [2.75, 3.05) is 18.8 Å². The van der Waals surface area contributed by atoms with Crippen LogP contribution in [-0.4, -0.2) is 39.2 Å². The normalized spacial score (nSPS) is 15.0. The molecule has 0 spiro atoms. The number of nitrogens with zero attached hydrogens (tertiary/aromatic N) is 3. The SMILES string of the molecule is Cc1cc(C)cc(-n2ccnc2SCC(=O)N2CCCCC2)c1. The van der Waals surface area contributed by atoms with Gasteiger partial charge in [0.15, 0.2) is 5.16 Å². The quantitative estimate of drug-likeness (QED) is 0.805. The lowest BCUT2D eigenvalue weighted by Crippen LogP contribution is -2.36. The van der Waals surface area contributed by atoms with Crippen LogP contribution < -0.4 is 0 Å². The van der Waals surface area contributed by atoms with Crippen LogP contribution in [0.2, 0.25) is 0 Å². The Kier molecular flexibility index (Phi) is 5.06. The Balaban J connectivity index is 1.70. The molecule has 2 heterocycles. The number of hydrogen-bond acceptors (Lipinski definition) is 3. The minimum atomic E-state index is 0.227. The lowest BCUT2D eigenvalue weighted by Gasteiger charge is -2.26. The van der Waals surface area contributed by atoms with Gasteiger partial charge in [-0.25, -0.2) is 4.98 Å². The average molecular weight is 329 g/mol. The number of imidazole rings is 1. The van der Waals surface area contributed by atoms with E-state index < -0.39 is 0 Å². The van der Waals surface area contributed by atoms with Gasteiger partial charge in [-0.2, -0.15) is 0 Å². The van der Waals surface area contributed by atoms with E-state index in [1.165, 1.54) is 29.3 Å². The summed E-state index contributed by atoms with van der Waals surface area (Å²) in [5.41, 5.74) is 3.57. The first-order valence-electron chi connectivity index (χ1n) is 8.16. The molecule has 0 atom stereocenters. The van der Waals surface area contributed by atoms with Crippen molar-refractivity contribution >= 4 is 17.7 Å². The number of benzene rings is 1. The molecule has 0 N–H and O–H groups in total. The summed E-state index contributed by atoms with van der Waals surface area (Å²) >= 11 is 1.52. The molecule has 1 amide bonds. The zero-order valence-electron chi connectivity index (χ0n) is 13.8. The fourth-order valence-electron chi connectivity index (χ4n) is 3.04. The third-order valence-electron chi connectivity index (χ3n) is 4.12. The molecular formula is C18H23N3OS. The van der Waals surface area contributed by atoms with Gasteiger partial charge in [0.05, 0.1) is 5.75 Å². The number of carbonyl (C=O) groups is 1. The number of likely N-dealkylation sites (tertiary alicyclic amines) is 1. The molecule has 0 saturated carbocycles. The predicted molar refractivity (Wildman–Crippen MR) is 94.2 cm³/mol. The summed E-state index contributed by atoms with van der Waals surface area (Å²) in [4.78, 5) is 18.7. The molecule has 1 aliphatic heterocycles. The maximum absolute atomic E-state index is 12.3. The van der Waals surface area contributed by atoms with Gasteiger partial charge in [-0.15, -0.1) is 0 Å². The maximum atomic E-state index is 12.3. The van der Waals surface area contributed by atoms with E-state index in [1.54, 1.807) is 6.20 Å². The van der Waals surface area contributed by atoms with Crippen molar-refractivity contribution in [3.63, 3.8) is 0 Å². The van der Waals surface area contributed by atoms with Crippen LogP contribution >= 0.6 is 11.8 Å². The molecule has 3 rings (SSSR count). The first-order chi connectivity index (χ1) is 11.1. The van der Waals surface area contributed by atoms with Crippen LogP contribution in [0.5, 0.6) is 0 Å². The van der Waals surface area contributed by atoms with Gasteiger partial charge >= 0.3 is 0 Å². The summed E-state index contributed by atoms with van der Waals surface area (Å²) < 4.78 is 2.06. The van der Waals surface area contributed by atoms with E-state index >= 15 is 0 Å². The highest BCUT2D eigenvalue weighted by atomic mass is 32.2. The fourth-order valence-corrected chi connectivity index (χ4v) is 3.92. The monoisotopic (exact) mass is 329 g/mol. The molecule has 0 unspecified atom stereocenters. The van der Waals surface area contributed by atoms with Gasteiger partial charge in [0.1, 0.15) is 0 Å². The number of aryl methyl sites for hydroxylation is 2. The third-order valence-corrected chi connectivity index (χ3v) is 5.08. The molecule has 1 saturated heterocycles. The number of thioether (sulfide) groups is 1. The molecule has 0 radical (unpaired) electrons. The Bertz CT molecular complexity index is 669. The van der Waals surface area contributed by atoms with Crippen LogP contribution in [0.3, 0.4) is 0 Å². The number of aromatic nitrogens is 2. The van der Waals surface area contributed by atoms with E-state index in [0.717, 1.165) is 36.8 Å². The van der Waals surface area contributed by atoms with Gasteiger partial charge < -0.3 is 4.90 Å². The second-order valence-corrected chi connectivity index (χ2v) is 7.10. The number of amides is 1. The molecule has 1 aliphatic rings. The van der Waals surface area contributed by atoms with Crippen molar-refractivity contribution < 1.29 is 4.79 Å². The van der Waals surface area contributed by atoms with E-state index in [0.29, 0.717) is 5.75 Å². The largest absolute Gasteiger partial charge is 0.342 e. The van der Waals surface area contributed by atoms with Gasteiger partial charge in [0.2, 0.25) is 5.91 Å². The van der Waals surface area contributed by atoms with E-state index in [4.69, 9.17) is 0 Å². The Morgan fingerprint density at radius 1 is 1.13 bits per heavy atom. The van der Waals surface area contributed by atoms with E-state index in [1.807, 2.05) is 11.1 Å². The highest BCUT2D eigenvalue weighted by Crippen LogP contribution is 2.23. The Labute approximate surface area is 141 Å². The topological polar surface area (TPSA) is 38.1 Å². The molecule has 1 aromatic carbocycles. The summed E-state index contributed by atoms with van der Waals surface area (Å²) in [6, 6.07) is 6.45. The highest BCUT2D eigenvalue weighted by molar-refractivity contribution is 7.99. The molecule has 4 nitrogen and oxygen atoms in total. The summed E-state index contributed by atoms with van der Waals surface area (Å²) in [6.45, 7) is 6.01. The minimum absolute atomic E-state index is 0.227. The first kappa shape index (κ1) is 16.1. The summed E-state index contributed by atoms with van der Waals surface area (Å²) in [6.07, 6.45) is 7.27.